The number of hydrogen-bond acceptors (Lipinski definition) is 6. The molecule has 1 unspecified atom stereocenters. The van der Waals surface area contributed by atoms with Gasteiger partial charge in [0.25, 0.3) is 0 Å². The van der Waals surface area contributed by atoms with Crippen LogP contribution in [0, 0.1) is 0 Å². The number of rotatable bonds is 5. The SMILES string of the molecule is O=C(Oc1cccc2ccccc12)C(F)(SOO[O-])C(F)(F)F. The summed E-state index contributed by atoms with van der Waals surface area (Å²) in [7, 11) is 0. The van der Waals surface area contributed by atoms with Crippen LogP contribution in [-0.4, -0.2) is 17.1 Å². The van der Waals surface area contributed by atoms with Crippen LogP contribution in [0.25, 0.3) is 10.8 Å². The Morgan fingerprint density at radius 1 is 1.04 bits per heavy atom. The van der Waals surface area contributed by atoms with Gasteiger partial charge in [-0.15, -0.1) is 0 Å². The number of hydrogen-bond donors (Lipinski definition) is 0. The third-order valence-electron chi connectivity index (χ3n) is 2.76. The molecule has 2 rings (SSSR count). The molecule has 0 aliphatic heterocycles. The van der Waals surface area contributed by atoms with E-state index in [0.29, 0.717) is 10.8 Å². The highest BCUT2D eigenvalue weighted by Gasteiger charge is 2.66. The van der Waals surface area contributed by atoms with Crippen LogP contribution in [0.1, 0.15) is 0 Å². The van der Waals surface area contributed by atoms with Gasteiger partial charge in [-0.3, -0.25) is 5.04 Å². The molecular formula is C13H7F4O5S-. The van der Waals surface area contributed by atoms with Gasteiger partial charge in [-0.2, -0.15) is 17.5 Å². The third-order valence-corrected chi connectivity index (χ3v) is 3.51. The number of benzene rings is 2. The van der Waals surface area contributed by atoms with Crippen molar-refractivity contribution >= 4 is 28.8 Å². The summed E-state index contributed by atoms with van der Waals surface area (Å²) in [5, 5.41) is 8.54. The molecule has 0 saturated carbocycles. The van der Waals surface area contributed by atoms with Crippen molar-refractivity contribution in [2.75, 3.05) is 0 Å². The molecule has 0 spiro atoms. The Labute approximate surface area is 130 Å². The Morgan fingerprint density at radius 3 is 2.35 bits per heavy atom. The number of carbonyl (C=O) groups is 1. The minimum atomic E-state index is -5.70. The molecule has 0 aliphatic rings. The molecule has 10 heteroatoms. The number of fused-ring (bicyclic) bond motifs is 1. The number of halogens is 4. The average molecular weight is 351 g/mol. The molecule has 0 saturated heterocycles. The lowest BCUT2D eigenvalue weighted by Crippen LogP contribution is -2.48. The van der Waals surface area contributed by atoms with Crippen LogP contribution >= 0.6 is 12.0 Å². The quantitative estimate of drug-likeness (QED) is 0.206. The fourth-order valence-electron chi connectivity index (χ4n) is 1.71. The van der Waals surface area contributed by atoms with E-state index in [1.54, 1.807) is 24.3 Å². The Kier molecular flexibility index (Phi) is 5.09. The Balaban J connectivity index is 2.34. The zero-order chi connectivity index (χ0) is 17.1. The van der Waals surface area contributed by atoms with Gasteiger partial charge in [0.15, 0.2) is 0 Å². The van der Waals surface area contributed by atoms with E-state index in [-0.39, 0.29) is 5.75 Å². The molecule has 1 atom stereocenters. The van der Waals surface area contributed by atoms with Crippen LogP contribution in [0.5, 0.6) is 5.75 Å². The van der Waals surface area contributed by atoms with E-state index in [9.17, 15) is 27.6 Å². The van der Waals surface area contributed by atoms with Crippen molar-refractivity contribution in [3.8, 4) is 5.75 Å². The zero-order valence-electron chi connectivity index (χ0n) is 11.0. The standard InChI is InChI=1S/C13H8F4O5S/c14-12(13(15,16)17,23-22-21-19)11(18)20-10-7-3-5-8-4-1-2-6-9(8)10/h1-7,19H/p-1. The van der Waals surface area contributed by atoms with Crippen molar-refractivity contribution < 1.29 is 41.7 Å². The van der Waals surface area contributed by atoms with Gasteiger partial charge in [-0.25, -0.2) is 9.18 Å². The van der Waals surface area contributed by atoms with Crippen LogP contribution in [0.15, 0.2) is 42.5 Å². The molecule has 0 bridgehead atoms. The van der Waals surface area contributed by atoms with E-state index in [0.717, 1.165) is 0 Å². The summed E-state index contributed by atoms with van der Waals surface area (Å²) in [6.45, 7) is 0. The van der Waals surface area contributed by atoms with Crippen molar-refractivity contribution in [1.29, 1.82) is 0 Å². The predicted molar refractivity (Wildman–Crippen MR) is 69.2 cm³/mol. The van der Waals surface area contributed by atoms with E-state index in [4.69, 9.17) is 0 Å². The van der Waals surface area contributed by atoms with E-state index < -0.39 is 29.2 Å². The largest absolute Gasteiger partial charge is 0.691 e. The van der Waals surface area contributed by atoms with E-state index in [2.05, 4.69) is 14.1 Å². The van der Waals surface area contributed by atoms with E-state index in [1.807, 2.05) is 0 Å². The van der Waals surface area contributed by atoms with Crippen molar-refractivity contribution in [1.82, 2.24) is 0 Å². The van der Waals surface area contributed by atoms with Crippen LogP contribution in [0.3, 0.4) is 0 Å². The van der Waals surface area contributed by atoms with Crippen LogP contribution in [0.2, 0.25) is 0 Å². The second-order valence-electron chi connectivity index (χ2n) is 4.18. The second kappa shape index (κ2) is 6.71. The van der Waals surface area contributed by atoms with Gasteiger partial charge in [-0.05, 0) is 11.5 Å². The maximum Gasteiger partial charge on any atom is 0.446 e. The molecule has 5 nitrogen and oxygen atoms in total. The van der Waals surface area contributed by atoms with Crippen LogP contribution in [0.4, 0.5) is 17.6 Å². The molecule has 2 aromatic carbocycles. The van der Waals surface area contributed by atoms with Gasteiger partial charge in [0.2, 0.25) is 0 Å². The topological polar surface area (TPSA) is 67.8 Å². The molecule has 0 aliphatic carbocycles. The number of alkyl halides is 4. The molecular weight excluding hydrogens is 344 g/mol. The first-order valence-electron chi connectivity index (χ1n) is 5.89. The molecule has 2 aromatic rings. The van der Waals surface area contributed by atoms with Crippen molar-refractivity contribution in [2.45, 2.75) is 11.2 Å². The highest BCUT2D eigenvalue weighted by molar-refractivity contribution is 7.96. The number of carbonyl (C=O) groups excluding carboxylic acids is 1. The third kappa shape index (κ3) is 3.55. The molecule has 0 heterocycles. The molecule has 0 aromatic heterocycles. The van der Waals surface area contributed by atoms with E-state index in [1.165, 1.54) is 18.2 Å². The normalized spacial score (nSPS) is 14.5. The lowest BCUT2D eigenvalue weighted by atomic mass is 10.1. The minimum absolute atomic E-state index is 0.275. The lowest BCUT2D eigenvalue weighted by Gasteiger charge is -2.24. The van der Waals surface area contributed by atoms with Crippen LogP contribution in [-0.2, 0) is 14.2 Å². The Morgan fingerprint density at radius 2 is 1.70 bits per heavy atom. The molecule has 23 heavy (non-hydrogen) atoms. The number of ether oxygens (including phenoxy) is 1. The van der Waals surface area contributed by atoms with Crippen LogP contribution < -0.4 is 9.99 Å². The zero-order valence-corrected chi connectivity index (χ0v) is 11.8. The lowest BCUT2D eigenvalue weighted by molar-refractivity contribution is -0.777. The minimum Gasteiger partial charge on any atom is -0.691 e. The summed E-state index contributed by atoms with van der Waals surface area (Å²) in [6, 6.07) is 10.6. The predicted octanol–water partition coefficient (Wildman–Crippen LogP) is 2.85. The van der Waals surface area contributed by atoms with Gasteiger partial charge in [0.1, 0.15) is 5.75 Å². The van der Waals surface area contributed by atoms with Gasteiger partial charge in [0, 0.05) is 5.39 Å². The smallest absolute Gasteiger partial charge is 0.446 e. The molecule has 0 fully saturated rings. The second-order valence-corrected chi connectivity index (χ2v) is 5.04. The van der Waals surface area contributed by atoms with Crippen molar-refractivity contribution in [2.24, 2.45) is 0 Å². The summed E-state index contributed by atoms with van der Waals surface area (Å²) in [4.78, 5) is 11.7. The molecule has 0 amide bonds. The van der Waals surface area contributed by atoms with Gasteiger partial charge < -0.3 is 9.99 Å². The Bertz CT molecular complexity index is 703. The van der Waals surface area contributed by atoms with Gasteiger partial charge >= 0.3 is 17.1 Å². The Hall–Kier alpha value is -1.88. The molecule has 124 valence electrons. The molecule has 0 N–H and O–H groups in total. The highest BCUT2D eigenvalue weighted by Crippen LogP contribution is 2.44. The van der Waals surface area contributed by atoms with E-state index >= 15 is 0 Å². The summed E-state index contributed by atoms with van der Waals surface area (Å²) < 4.78 is 60.1. The fraction of sp³-hybridized carbons (Fsp3) is 0.154. The first kappa shape index (κ1) is 17.5. The van der Waals surface area contributed by atoms with Crippen molar-refractivity contribution in [3.05, 3.63) is 42.5 Å². The summed E-state index contributed by atoms with van der Waals surface area (Å²) in [6.07, 6.45) is -5.70. The summed E-state index contributed by atoms with van der Waals surface area (Å²) in [5.74, 6) is -2.58. The monoisotopic (exact) mass is 351 g/mol. The maximum atomic E-state index is 14.0. The molecule has 0 radical (unpaired) electrons. The summed E-state index contributed by atoms with van der Waals surface area (Å²) >= 11 is -1.14. The number of esters is 1. The van der Waals surface area contributed by atoms with Crippen molar-refractivity contribution in [3.63, 3.8) is 0 Å². The van der Waals surface area contributed by atoms with Gasteiger partial charge in [0.05, 0.1) is 12.0 Å². The maximum absolute atomic E-state index is 14.0. The fourth-order valence-corrected chi connectivity index (χ4v) is 2.03. The van der Waals surface area contributed by atoms with Gasteiger partial charge in [-0.1, -0.05) is 36.4 Å². The highest BCUT2D eigenvalue weighted by atomic mass is 32.2. The first-order chi connectivity index (χ1) is 10.8. The summed E-state index contributed by atoms with van der Waals surface area (Å²) in [5.41, 5.74) is 0. The first-order valence-corrected chi connectivity index (χ1v) is 6.64. The average Bonchev–Trinajstić information content (AvgIpc) is 2.51.